The van der Waals surface area contributed by atoms with Gasteiger partial charge in [0.25, 0.3) is 0 Å². The van der Waals surface area contributed by atoms with Gasteiger partial charge in [0.15, 0.2) is 0 Å². The second kappa shape index (κ2) is 7.01. The van der Waals surface area contributed by atoms with E-state index in [0.717, 1.165) is 5.56 Å². The number of aryl methyl sites for hydroxylation is 1. The van der Waals surface area contributed by atoms with E-state index in [0.29, 0.717) is 11.5 Å². The quantitative estimate of drug-likeness (QED) is 0.639. The summed E-state index contributed by atoms with van der Waals surface area (Å²) < 4.78 is 13.7. The van der Waals surface area contributed by atoms with Gasteiger partial charge in [-0.3, -0.25) is 11.3 Å². The third-order valence-corrected chi connectivity index (χ3v) is 4.36. The predicted molar refractivity (Wildman–Crippen MR) is 77.0 cm³/mol. The molecule has 1 aromatic carbocycles. The summed E-state index contributed by atoms with van der Waals surface area (Å²) in [5.74, 6) is 6.13. The van der Waals surface area contributed by atoms with Crippen molar-refractivity contribution in [1.29, 1.82) is 0 Å². The summed E-state index contributed by atoms with van der Waals surface area (Å²) in [6.07, 6.45) is 8.88. The molecule has 2 rings (SSSR count). The van der Waals surface area contributed by atoms with Crippen molar-refractivity contribution in [2.45, 2.75) is 57.9 Å². The maximum Gasteiger partial charge on any atom is 0.126 e. The molecule has 0 spiro atoms. The van der Waals surface area contributed by atoms with Gasteiger partial charge in [-0.1, -0.05) is 44.2 Å². The molecule has 1 aliphatic carbocycles. The zero-order chi connectivity index (χ0) is 13.7. The van der Waals surface area contributed by atoms with Gasteiger partial charge in [0.1, 0.15) is 5.82 Å². The molecule has 0 saturated heterocycles. The van der Waals surface area contributed by atoms with Crippen LogP contribution in [0.3, 0.4) is 0 Å². The molecule has 1 aliphatic rings. The molecule has 0 bridgehead atoms. The molecule has 106 valence electrons. The van der Waals surface area contributed by atoms with Crippen molar-refractivity contribution in [3.8, 4) is 0 Å². The first-order valence-corrected chi connectivity index (χ1v) is 7.44. The zero-order valence-corrected chi connectivity index (χ0v) is 11.8. The lowest BCUT2D eigenvalue weighted by Crippen LogP contribution is -2.34. The highest BCUT2D eigenvalue weighted by atomic mass is 19.1. The Kier molecular flexibility index (Phi) is 5.34. The van der Waals surface area contributed by atoms with Gasteiger partial charge in [0, 0.05) is 6.04 Å². The molecular formula is C16H25FN2. The standard InChI is InChI=1S/C16H25FN2/c1-12-9-10-14(11-15(12)17)16(19-18)13-7-5-3-2-4-6-8-13/h9-11,13,16,19H,2-8,18H2,1H3. The highest BCUT2D eigenvalue weighted by Crippen LogP contribution is 2.33. The van der Waals surface area contributed by atoms with Crippen LogP contribution in [0.4, 0.5) is 4.39 Å². The highest BCUT2D eigenvalue weighted by Gasteiger charge is 2.23. The summed E-state index contributed by atoms with van der Waals surface area (Å²) in [4.78, 5) is 0. The van der Waals surface area contributed by atoms with Gasteiger partial charge in [0.05, 0.1) is 0 Å². The molecule has 3 N–H and O–H groups in total. The van der Waals surface area contributed by atoms with Gasteiger partial charge in [0.2, 0.25) is 0 Å². The molecule has 19 heavy (non-hydrogen) atoms. The minimum absolute atomic E-state index is 0.0770. The molecule has 0 heterocycles. The Morgan fingerprint density at radius 1 is 1.16 bits per heavy atom. The predicted octanol–water partition coefficient (Wildman–Crippen LogP) is 4.00. The average molecular weight is 264 g/mol. The Balaban J connectivity index is 2.14. The van der Waals surface area contributed by atoms with Gasteiger partial charge < -0.3 is 0 Å². The van der Waals surface area contributed by atoms with Crippen LogP contribution in [-0.4, -0.2) is 0 Å². The number of hydrazine groups is 1. The number of nitrogens with one attached hydrogen (secondary N) is 1. The van der Waals surface area contributed by atoms with Crippen molar-refractivity contribution in [1.82, 2.24) is 5.43 Å². The molecule has 0 aliphatic heterocycles. The van der Waals surface area contributed by atoms with Crippen molar-refractivity contribution in [3.63, 3.8) is 0 Å². The van der Waals surface area contributed by atoms with Gasteiger partial charge >= 0.3 is 0 Å². The first kappa shape index (κ1) is 14.5. The van der Waals surface area contributed by atoms with E-state index in [1.165, 1.54) is 44.9 Å². The molecule has 0 amide bonds. The van der Waals surface area contributed by atoms with Crippen LogP contribution in [0.5, 0.6) is 0 Å². The van der Waals surface area contributed by atoms with Crippen molar-refractivity contribution >= 4 is 0 Å². The smallest absolute Gasteiger partial charge is 0.126 e. The lowest BCUT2D eigenvalue weighted by molar-refractivity contribution is 0.290. The first-order valence-electron chi connectivity index (χ1n) is 7.44. The summed E-state index contributed by atoms with van der Waals surface area (Å²) in [5.41, 5.74) is 4.59. The molecule has 3 heteroatoms. The Labute approximate surface area is 115 Å². The average Bonchev–Trinajstić information content (AvgIpc) is 2.36. The van der Waals surface area contributed by atoms with Crippen molar-refractivity contribution in [2.75, 3.05) is 0 Å². The molecule has 1 saturated carbocycles. The number of hydrogen-bond donors (Lipinski definition) is 2. The minimum Gasteiger partial charge on any atom is -0.271 e. The van der Waals surface area contributed by atoms with E-state index in [9.17, 15) is 4.39 Å². The van der Waals surface area contributed by atoms with Crippen LogP contribution in [0.15, 0.2) is 18.2 Å². The Bertz CT molecular complexity index is 398. The van der Waals surface area contributed by atoms with E-state index in [2.05, 4.69) is 5.43 Å². The fourth-order valence-electron chi connectivity index (χ4n) is 3.13. The van der Waals surface area contributed by atoms with Crippen LogP contribution in [-0.2, 0) is 0 Å². The Morgan fingerprint density at radius 2 is 1.79 bits per heavy atom. The van der Waals surface area contributed by atoms with Crippen molar-refractivity contribution in [3.05, 3.63) is 35.1 Å². The van der Waals surface area contributed by atoms with Gasteiger partial charge in [-0.2, -0.15) is 0 Å². The molecule has 1 atom stereocenters. The number of benzene rings is 1. The highest BCUT2D eigenvalue weighted by molar-refractivity contribution is 5.26. The maximum absolute atomic E-state index is 13.7. The number of halogens is 1. The van der Waals surface area contributed by atoms with Gasteiger partial charge in [-0.25, -0.2) is 4.39 Å². The van der Waals surface area contributed by atoms with E-state index < -0.39 is 0 Å². The van der Waals surface area contributed by atoms with Crippen LogP contribution in [0.25, 0.3) is 0 Å². The van der Waals surface area contributed by atoms with Gasteiger partial charge in [-0.15, -0.1) is 0 Å². The topological polar surface area (TPSA) is 38.0 Å². The number of rotatable bonds is 3. The lowest BCUT2D eigenvalue weighted by Gasteiger charge is -2.28. The Morgan fingerprint density at radius 3 is 2.37 bits per heavy atom. The first-order chi connectivity index (χ1) is 9.22. The summed E-state index contributed by atoms with van der Waals surface area (Å²) in [6.45, 7) is 1.79. The maximum atomic E-state index is 13.7. The summed E-state index contributed by atoms with van der Waals surface area (Å²) in [5, 5.41) is 0. The van der Waals surface area contributed by atoms with Crippen molar-refractivity contribution in [2.24, 2.45) is 11.8 Å². The number of nitrogens with two attached hydrogens (primary N) is 1. The second-order valence-electron chi connectivity index (χ2n) is 5.76. The molecule has 1 fully saturated rings. The molecule has 2 nitrogen and oxygen atoms in total. The Hall–Kier alpha value is -0.930. The van der Waals surface area contributed by atoms with E-state index >= 15 is 0 Å². The molecular weight excluding hydrogens is 239 g/mol. The van der Waals surface area contributed by atoms with E-state index in [4.69, 9.17) is 5.84 Å². The van der Waals surface area contributed by atoms with Crippen LogP contribution in [0.1, 0.15) is 62.1 Å². The van der Waals surface area contributed by atoms with Gasteiger partial charge in [-0.05, 0) is 42.9 Å². The molecule has 1 aromatic rings. The monoisotopic (exact) mass is 264 g/mol. The zero-order valence-electron chi connectivity index (χ0n) is 11.8. The largest absolute Gasteiger partial charge is 0.271 e. The third kappa shape index (κ3) is 3.77. The SMILES string of the molecule is Cc1ccc(C(NN)C2CCCCCCC2)cc1F. The van der Waals surface area contributed by atoms with Crippen LogP contribution < -0.4 is 11.3 Å². The normalized spacial score (nSPS) is 19.7. The summed E-state index contributed by atoms with van der Waals surface area (Å²) >= 11 is 0. The van der Waals surface area contributed by atoms with Crippen molar-refractivity contribution < 1.29 is 4.39 Å². The lowest BCUT2D eigenvalue weighted by atomic mass is 9.83. The molecule has 0 aromatic heterocycles. The second-order valence-corrected chi connectivity index (χ2v) is 5.76. The summed E-state index contributed by atoms with van der Waals surface area (Å²) in [7, 11) is 0. The van der Waals surface area contributed by atoms with E-state index in [1.54, 1.807) is 13.0 Å². The van der Waals surface area contributed by atoms with Crippen LogP contribution in [0.2, 0.25) is 0 Å². The minimum atomic E-state index is -0.136. The summed E-state index contributed by atoms with van der Waals surface area (Å²) in [6, 6.07) is 5.56. The number of hydrogen-bond acceptors (Lipinski definition) is 2. The fraction of sp³-hybridized carbons (Fsp3) is 0.625. The van der Waals surface area contributed by atoms with Crippen LogP contribution >= 0.6 is 0 Å². The molecule has 1 unspecified atom stereocenters. The molecule has 0 radical (unpaired) electrons. The fourth-order valence-corrected chi connectivity index (χ4v) is 3.13. The third-order valence-electron chi connectivity index (χ3n) is 4.36. The van der Waals surface area contributed by atoms with E-state index in [-0.39, 0.29) is 11.9 Å². The van der Waals surface area contributed by atoms with Crippen LogP contribution in [0, 0.1) is 18.7 Å². The van der Waals surface area contributed by atoms with E-state index in [1.807, 2.05) is 12.1 Å².